The second kappa shape index (κ2) is 5.99. The topological polar surface area (TPSA) is 132 Å². The molecule has 21 heavy (non-hydrogen) atoms. The Labute approximate surface area is 119 Å². The number of nitrogens with one attached hydrogen (secondary N) is 3. The van der Waals surface area contributed by atoms with Crippen molar-refractivity contribution in [1.82, 2.24) is 16.2 Å². The molecule has 1 aromatic rings. The van der Waals surface area contributed by atoms with E-state index in [0.717, 1.165) is 0 Å². The molecule has 112 valence electrons. The monoisotopic (exact) mass is 294 g/mol. The van der Waals surface area contributed by atoms with E-state index in [1.165, 1.54) is 19.1 Å². The Bertz CT molecular complexity index is 589. The molecule has 1 aliphatic heterocycles. The first-order chi connectivity index (χ1) is 9.97. The van der Waals surface area contributed by atoms with E-state index in [4.69, 9.17) is 15.2 Å². The molecule has 0 aliphatic carbocycles. The van der Waals surface area contributed by atoms with Gasteiger partial charge in [0.25, 0.3) is 11.8 Å². The summed E-state index contributed by atoms with van der Waals surface area (Å²) in [5.41, 5.74) is 9.56. The minimum Gasteiger partial charge on any atom is -0.454 e. The van der Waals surface area contributed by atoms with Crippen LogP contribution < -0.4 is 31.4 Å². The number of hydrogen-bond donors (Lipinski definition) is 4. The molecule has 1 aromatic carbocycles. The molecule has 2 rings (SSSR count). The van der Waals surface area contributed by atoms with Crippen LogP contribution in [0.3, 0.4) is 0 Å². The van der Waals surface area contributed by atoms with Gasteiger partial charge in [0.15, 0.2) is 11.5 Å². The summed E-state index contributed by atoms with van der Waals surface area (Å²) in [5, 5.41) is 2.18. The molecule has 0 spiro atoms. The van der Waals surface area contributed by atoms with Crippen molar-refractivity contribution in [2.24, 2.45) is 5.73 Å². The van der Waals surface area contributed by atoms with Gasteiger partial charge in [-0.05, 0) is 25.1 Å². The van der Waals surface area contributed by atoms with Crippen molar-refractivity contribution in [2.45, 2.75) is 13.0 Å². The summed E-state index contributed by atoms with van der Waals surface area (Å²) in [5.74, 6) is -0.136. The molecule has 1 atom stereocenters. The normalized spacial score (nSPS) is 13.2. The van der Waals surface area contributed by atoms with Gasteiger partial charge in [-0.3, -0.25) is 20.4 Å². The van der Waals surface area contributed by atoms with Crippen LogP contribution in [-0.2, 0) is 4.79 Å². The van der Waals surface area contributed by atoms with Crippen LogP contribution in [0.25, 0.3) is 0 Å². The maximum atomic E-state index is 11.9. The Kier molecular flexibility index (Phi) is 4.12. The van der Waals surface area contributed by atoms with Gasteiger partial charge in [-0.25, -0.2) is 4.79 Å². The third-order valence-electron chi connectivity index (χ3n) is 2.69. The van der Waals surface area contributed by atoms with Crippen LogP contribution >= 0.6 is 0 Å². The number of nitrogens with two attached hydrogens (primary N) is 1. The number of hydrogen-bond acceptors (Lipinski definition) is 5. The number of urea groups is 1. The van der Waals surface area contributed by atoms with Gasteiger partial charge >= 0.3 is 6.03 Å². The number of ether oxygens (including phenoxy) is 2. The van der Waals surface area contributed by atoms with E-state index in [2.05, 4.69) is 16.2 Å². The summed E-state index contributed by atoms with van der Waals surface area (Å²) < 4.78 is 10.3. The number of fused-ring (bicyclic) bond motifs is 1. The predicted molar refractivity (Wildman–Crippen MR) is 70.4 cm³/mol. The largest absolute Gasteiger partial charge is 0.454 e. The van der Waals surface area contributed by atoms with Crippen LogP contribution in [0.15, 0.2) is 18.2 Å². The molecule has 1 unspecified atom stereocenters. The summed E-state index contributed by atoms with van der Waals surface area (Å²) in [6.07, 6.45) is 0. The van der Waals surface area contributed by atoms with Crippen molar-refractivity contribution in [3.05, 3.63) is 23.8 Å². The number of benzene rings is 1. The average molecular weight is 294 g/mol. The minimum absolute atomic E-state index is 0.105. The molecule has 0 saturated carbocycles. The fraction of sp³-hybridized carbons (Fsp3) is 0.250. The summed E-state index contributed by atoms with van der Waals surface area (Å²) >= 11 is 0. The van der Waals surface area contributed by atoms with Crippen molar-refractivity contribution >= 4 is 17.8 Å². The standard InChI is InChI=1S/C12H14N4O5/c1-6(14-12(13)19)10(17)15-16-11(18)7-2-3-8-9(4-7)21-5-20-8/h2-4,6H,5H2,1H3,(H,15,17)(H,16,18)(H3,13,14,19). The maximum Gasteiger partial charge on any atom is 0.312 e. The number of amides is 4. The molecule has 5 N–H and O–H groups in total. The lowest BCUT2D eigenvalue weighted by molar-refractivity contribution is -0.123. The molecule has 1 aliphatic rings. The quantitative estimate of drug-likeness (QED) is 0.544. The van der Waals surface area contributed by atoms with Crippen LogP contribution in [0.1, 0.15) is 17.3 Å². The lowest BCUT2D eigenvalue weighted by Crippen LogP contribution is -2.52. The van der Waals surface area contributed by atoms with Gasteiger partial charge in [0.05, 0.1) is 0 Å². The fourth-order valence-corrected chi connectivity index (χ4v) is 1.62. The van der Waals surface area contributed by atoms with Gasteiger partial charge in [-0.2, -0.15) is 0 Å². The Morgan fingerprint density at radius 2 is 1.90 bits per heavy atom. The Morgan fingerprint density at radius 3 is 2.62 bits per heavy atom. The zero-order chi connectivity index (χ0) is 15.4. The molecule has 1 heterocycles. The SMILES string of the molecule is CC(NC(N)=O)C(=O)NNC(=O)c1ccc2c(c1)OCO2. The van der Waals surface area contributed by atoms with Crippen LogP contribution in [0.2, 0.25) is 0 Å². The average Bonchev–Trinajstić information content (AvgIpc) is 2.90. The summed E-state index contributed by atoms with van der Waals surface area (Å²) in [7, 11) is 0. The lowest BCUT2D eigenvalue weighted by atomic mass is 10.2. The molecule has 0 bridgehead atoms. The van der Waals surface area contributed by atoms with Gasteiger partial charge in [-0.15, -0.1) is 0 Å². The number of carbonyl (C=O) groups is 3. The van der Waals surface area contributed by atoms with Crippen LogP contribution in [0.4, 0.5) is 4.79 Å². The second-order valence-electron chi connectivity index (χ2n) is 4.24. The fourth-order valence-electron chi connectivity index (χ4n) is 1.62. The van der Waals surface area contributed by atoms with Crippen LogP contribution in [0, 0.1) is 0 Å². The zero-order valence-electron chi connectivity index (χ0n) is 11.1. The molecule has 9 heteroatoms. The van der Waals surface area contributed by atoms with Crippen LogP contribution in [0.5, 0.6) is 11.5 Å². The lowest BCUT2D eigenvalue weighted by Gasteiger charge is -2.13. The molecule has 0 saturated heterocycles. The Morgan fingerprint density at radius 1 is 1.19 bits per heavy atom. The van der Waals surface area contributed by atoms with Crippen molar-refractivity contribution in [1.29, 1.82) is 0 Å². The Balaban J connectivity index is 1.90. The number of primary amides is 1. The molecule has 0 fully saturated rings. The molecule has 0 aromatic heterocycles. The van der Waals surface area contributed by atoms with E-state index in [0.29, 0.717) is 11.5 Å². The van der Waals surface area contributed by atoms with Crippen LogP contribution in [-0.4, -0.2) is 30.7 Å². The smallest absolute Gasteiger partial charge is 0.312 e. The van der Waals surface area contributed by atoms with E-state index in [1.54, 1.807) is 6.07 Å². The van der Waals surface area contributed by atoms with Gasteiger partial charge < -0.3 is 20.5 Å². The number of hydrazine groups is 1. The van der Waals surface area contributed by atoms with E-state index in [1.807, 2.05) is 0 Å². The van der Waals surface area contributed by atoms with E-state index >= 15 is 0 Å². The van der Waals surface area contributed by atoms with Gasteiger partial charge in [0, 0.05) is 5.56 Å². The summed E-state index contributed by atoms with van der Waals surface area (Å²) in [4.78, 5) is 34.0. The number of carbonyl (C=O) groups excluding carboxylic acids is 3. The molecular weight excluding hydrogens is 280 g/mol. The molecule has 9 nitrogen and oxygen atoms in total. The third-order valence-corrected chi connectivity index (χ3v) is 2.69. The van der Waals surface area contributed by atoms with E-state index in [-0.39, 0.29) is 12.4 Å². The van der Waals surface area contributed by atoms with Crippen molar-refractivity contribution in [2.75, 3.05) is 6.79 Å². The van der Waals surface area contributed by atoms with Gasteiger partial charge in [-0.1, -0.05) is 0 Å². The first kappa shape index (κ1) is 14.4. The highest BCUT2D eigenvalue weighted by Crippen LogP contribution is 2.32. The molecule has 0 radical (unpaired) electrons. The molecule has 4 amide bonds. The van der Waals surface area contributed by atoms with E-state index < -0.39 is 23.9 Å². The predicted octanol–water partition coefficient (Wildman–Crippen LogP) is -0.767. The highest BCUT2D eigenvalue weighted by atomic mass is 16.7. The third kappa shape index (κ3) is 3.53. The van der Waals surface area contributed by atoms with Gasteiger partial charge in [0.2, 0.25) is 6.79 Å². The van der Waals surface area contributed by atoms with E-state index in [9.17, 15) is 14.4 Å². The van der Waals surface area contributed by atoms with Crippen molar-refractivity contribution in [3.8, 4) is 11.5 Å². The number of rotatable bonds is 3. The second-order valence-corrected chi connectivity index (χ2v) is 4.24. The van der Waals surface area contributed by atoms with Crippen molar-refractivity contribution < 1.29 is 23.9 Å². The first-order valence-electron chi connectivity index (χ1n) is 6.03. The molecular formula is C12H14N4O5. The highest BCUT2D eigenvalue weighted by Gasteiger charge is 2.18. The Hall–Kier alpha value is -2.97. The highest BCUT2D eigenvalue weighted by molar-refractivity contribution is 5.96. The summed E-state index contributed by atoms with van der Waals surface area (Å²) in [6.45, 7) is 1.53. The summed E-state index contributed by atoms with van der Waals surface area (Å²) in [6, 6.07) is 2.91. The van der Waals surface area contributed by atoms with Gasteiger partial charge in [0.1, 0.15) is 6.04 Å². The maximum absolute atomic E-state index is 11.9. The zero-order valence-corrected chi connectivity index (χ0v) is 11.1. The minimum atomic E-state index is -0.875. The van der Waals surface area contributed by atoms with Crippen molar-refractivity contribution in [3.63, 3.8) is 0 Å². The first-order valence-corrected chi connectivity index (χ1v) is 6.03.